The van der Waals surface area contributed by atoms with Gasteiger partial charge in [-0.3, -0.25) is 4.79 Å². The fourth-order valence-corrected chi connectivity index (χ4v) is 3.73. The molecule has 0 aromatic carbocycles. The maximum absolute atomic E-state index is 14.2. The van der Waals surface area contributed by atoms with Crippen molar-refractivity contribution in [2.45, 2.75) is 65.0 Å². The number of nitriles is 1. The van der Waals surface area contributed by atoms with Gasteiger partial charge in [0.25, 0.3) is 5.88 Å². The van der Waals surface area contributed by atoms with Crippen LogP contribution in [0.2, 0.25) is 0 Å². The molecule has 166 valence electrons. The molecule has 2 aromatic rings. The molecule has 2 N–H and O–H groups in total. The van der Waals surface area contributed by atoms with E-state index in [1.54, 1.807) is 24.7 Å². The summed E-state index contributed by atoms with van der Waals surface area (Å²) in [5.41, 5.74) is 0.552. The zero-order valence-electron chi connectivity index (χ0n) is 18.3. The van der Waals surface area contributed by atoms with Gasteiger partial charge in [0.2, 0.25) is 17.7 Å². The lowest BCUT2D eigenvalue weighted by molar-refractivity contribution is -0.119. The number of halogens is 1. The lowest BCUT2D eigenvalue weighted by Crippen LogP contribution is -2.37. The number of hydrogen-bond acceptors (Lipinski definition) is 7. The standard InChI is InChI=1S/C21H28FN7O2/c1-13-18(10-25-29(13)21(3,4)12-23)27-20-24-9-17(22)19(28-20)31-11-15-5-7-16(8-6-15)26-14(2)30/h9-10,15-16H,5-8,11H2,1-4H3,(H,26,30)(H,24,27,28). The number of carbonyl (C=O) groups is 1. The molecule has 0 aliphatic heterocycles. The first kappa shape index (κ1) is 22.5. The highest BCUT2D eigenvalue weighted by molar-refractivity contribution is 5.73. The summed E-state index contributed by atoms with van der Waals surface area (Å²) in [5.74, 6) is -0.285. The Balaban J connectivity index is 1.61. The smallest absolute Gasteiger partial charge is 0.255 e. The van der Waals surface area contributed by atoms with Gasteiger partial charge < -0.3 is 15.4 Å². The number of rotatable bonds is 7. The van der Waals surface area contributed by atoms with E-state index in [0.29, 0.717) is 12.3 Å². The normalized spacial score (nSPS) is 18.8. The van der Waals surface area contributed by atoms with Gasteiger partial charge >= 0.3 is 0 Å². The van der Waals surface area contributed by atoms with Crippen LogP contribution in [0.1, 0.15) is 52.1 Å². The average Bonchev–Trinajstić information content (AvgIpc) is 3.10. The molecule has 1 aliphatic carbocycles. The van der Waals surface area contributed by atoms with Crippen LogP contribution < -0.4 is 15.4 Å². The lowest BCUT2D eigenvalue weighted by atomic mass is 9.86. The summed E-state index contributed by atoms with van der Waals surface area (Å²) in [4.78, 5) is 19.3. The molecule has 31 heavy (non-hydrogen) atoms. The second-order valence-electron chi connectivity index (χ2n) is 8.43. The third kappa shape index (κ3) is 5.48. The third-order valence-corrected chi connectivity index (χ3v) is 5.48. The van der Waals surface area contributed by atoms with Crippen molar-refractivity contribution >= 4 is 17.5 Å². The highest BCUT2D eigenvalue weighted by atomic mass is 19.1. The second-order valence-corrected chi connectivity index (χ2v) is 8.43. The van der Waals surface area contributed by atoms with E-state index in [2.05, 4.69) is 31.8 Å². The van der Waals surface area contributed by atoms with Crippen molar-refractivity contribution in [3.63, 3.8) is 0 Å². The van der Waals surface area contributed by atoms with Gasteiger partial charge in [0.15, 0.2) is 0 Å². The summed E-state index contributed by atoms with van der Waals surface area (Å²) in [6.45, 7) is 7.23. The van der Waals surface area contributed by atoms with Crippen molar-refractivity contribution in [2.75, 3.05) is 11.9 Å². The topological polar surface area (TPSA) is 118 Å². The average molecular weight is 430 g/mol. The first-order valence-electron chi connectivity index (χ1n) is 10.4. The van der Waals surface area contributed by atoms with Crippen molar-refractivity contribution in [3.05, 3.63) is 23.9 Å². The molecule has 1 saturated carbocycles. The van der Waals surface area contributed by atoms with E-state index in [4.69, 9.17) is 4.74 Å². The van der Waals surface area contributed by atoms with Crippen molar-refractivity contribution in [3.8, 4) is 11.9 Å². The van der Waals surface area contributed by atoms with Gasteiger partial charge in [-0.2, -0.15) is 19.7 Å². The third-order valence-electron chi connectivity index (χ3n) is 5.48. The van der Waals surface area contributed by atoms with Crippen LogP contribution in [0, 0.1) is 30.0 Å². The van der Waals surface area contributed by atoms with E-state index in [0.717, 1.165) is 37.6 Å². The zero-order valence-corrected chi connectivity index (χ0v) is 18.3. The Morgan fingerprint density at radius 3 is 2.71 bits per heavy atom. The Labute approximate surface area is 181 Å². The molecule has 1 aliphatic rings. The minimum absolute atomic E-state index is 0.0141. The van der Waals surface area contributed by atoms with Crippen LogP contribution >= 0.6 is 0 Å². The highest BCUT2D eigenvalue weighted by Crippen LogP contribution is 2.27. The van der Waals surface area contributed by atoms with Gasteiger partial charge in [-0.25, -0.2) is 9.67 Å². The number of anilines is 2. The quantitative estimate of drug-likeness (QED) is 0.694. The number of aromatic nitrogens is 4. The van der Waals surface area contributed by atoms with Gasteiger partial charge in [0.1, 0.15) is 5.54 Å². The molecule has 3 rings (SSSR count). The summed E-state index contributed by atoms with van der Waals surface area (Å²) in [7, 11) is 0. The number of nitrogens with zero attached hydrogens (tertiary/aromatic N) is 5. The van der Waals surface area contributed by atoms with E-state index in [1.807, 2.05) is 6.92 Å². The number of ether oxygens (including phenoxy) is 1. The monoisotopic (exact) mass is 429 g/mol. The fourth-order valence-electron chi connectivity index (χ4n) is 3.73. The van der Waals surface area contributed by atoms with E-state index >= 15 is 0 Å². The molecule has 1 fully saturated rings. The van der Waals surface area contributed by atoms with Crippen LogP contribution in [0.25, 0.3) is 0 Å². The first-order chi connectivity index (χ1) is 14.7. The lowest BCUT2D eigenvalue weighted by Gasteiger charge is -2.28. The van der Waals surface area contributed by atoms with Crippen molar-refractivity contribution in [1.29, 1.82) is 5.26 Å². The highest BCUT2D eigenvalue weighted by Gasteiger charge is 2.25. The molecule has 0 spiro atoms. The Morgan fingerprint density at radius 2 is 2.06 bits per heavy atom. The van der Waals surface area contributed by atoms with E-state index < -0.39 is 11.4 Å². The van der Waals surface area contributed by atoms with Crippen LogP contribution in [0.5, 0.6) is 5.88 Å². The predicted octanol–water partition coefficient (Wildman–Crippen LogP) is 3.20. The number of nitrogens with one attached hydrogen (secondary N) is 2. The Hall–Kier alpha value is -3.22. The predicted molar refractivity (Wildman–Crippen MR) is 112 cm³/mol. The second kappa shape index (κ2) is 9.29. The molecule has 0 radical (unpaired) electrons. The molecular weight excluding hydrogens is 401 g/mol. The van der Waals surface area contributed by atoms with Crippen LogP contribution in [-0.2, 0) is 10.3 Å². The van der Waals surface area contributed by atoms with Crippen LogP contribution in [0.15, 0.2) is 12.4 Å². The number of amides is 1. The summed E-state index contributed by atoms with van der Waals surface area (Å²) in [6, 6.07) is 2.41. The molecule has 2 heterocycles. The Kier molecular flexibility index (Phi) is 6.73. The summed E-state index contributed by atoms with van der Waals surface area (Å²) < 4.78 is 21.4. The molecule has 2 aromatic heterocycles. The van der Waals surface area contributed by atoms with Gasteiger partial charge in [-0.1, -0.05) is 0 Å². The first-order valence-corrected chi connectivity index (χ1v) is 10.4. The molecule has 0 unspecified atom stereocenters. The molecule has 9 nitrogen and oxygen atoms in total. The van der Waals surface area contributed by atoms with Crippen molar-refractivity contribution in [2.24, 2.45) is 5.92 Å². The molecule has 10 heteroatoms. The van der Waals surface area contributed by atoms with Gasteiger partial charge in [-0.15, -0.1) is 0 Å². The minimum atomic E-state index is -0.805. The summed E-state index contributed by atoms with van der Waals surface area (Å²) in [5, 5.41) is 19.5. The van der Waals surface area contributed by atoms with Crippen molar-refractivity contribution < 1.29 is 13.9 Å². The largest absolute Gasteiger partial charge is 0.475 e. The molecule has 1 amide bonds. The van der Waals surface area contributed by atoms with Gasteiger partial charge in [0.05, 0.1) is 36.5 Å². The maximum atomic E-state index is 14.2. The SMILES string of the molecule is CC(=O)NC1CCC(COc2nc(Nc3cnn(C(C)(C)C#N)c3C)ncc2F)CC1. The Bertz CT molecular complexity index is 975. The van der Waals surface area contributed by atoms with Crippen molar-refractivity contribution in [1.82, 2.24) is 25.1 Å². The molecular formula is C21H28FN7O2. The van der Waals surface area contributed by atoms with Crippen LogP contribution in [-0.4, -0.2) is 38.3 Å². The number of carbonyl (C=O) groups excluding carboxylic acids is 1. The zero-order chi connectivity index (χ0) is 22.6. The van der Waals surface area contributed by atoms with Crippen LogP contribution in [0.3, 0.4) is 0 Å². The maximum Gasteiger partial charge on any atom is 0.255 e. The Morgan fingerprint density at radius 1 is 1.35 bits per heavy atom. The van der Waals surface area contributed by atoms with Gasteiger partial charge in [-0.05, 0) is 52.4 Å². The van der Waals surface area contributed by atoms with E-state index in [9.17, 15) is 14.4 Å². The minimum Gasteiger partial charge on any atom is -0.475 e. The summed E-state index contributed by atoms with van der Waals surface area (Å²) >= 11 is 0. The van der Waals surface area contributed by atoms with Crippen LogP contribution in [0.4, 0.5) is 16.0 Å². The molecule has 0 atom stereocenters. The molecule has 0 bridgehead atoms. The van der Waals surface area contributed by atoms with Gasteiger partial charge in [0, 0.05) is 13.0 Å². The fraction of sp³-hybridized carbons (Fsp3) is 0.571. The van der Waals surface area contributed by atoms with E-state index in [-0.39, 0.29) is 29.7 Å². The van der Waals surface area contributed by atoms with E-state index in [1.165, 1.54) is 6.92 Å². The number of hydrogen-bond donors (Lipinski definition) is 2. The summed E-state index contributed by atoms with van der Waals surface area (Å²) in [6.07, 6.45) is 6.21. The molecule has 0 saturated heterocycles.